The van der Waals surface area contributed by atoms with Crippen LogP contribution in [0.3, 0.4) is 0 Å². The molecular formula is C22H26FN3. The topological polar surface area (TPSA) is 18.5 Å². The summed E-state index contributed by atoms with van der Waals surface area (Å²) in [7, 11) is 0. The molecule has 0 saturated carbocycles. The van der Waals surface area contributed by atoms with Gasteiger partial charge in [-0.15, -0.1) is 0 Å². The minimum Gasteiger partial charge on any atom is -0.318 e. The first kappa shape index (κ1) is 17.3. The highest BCUT2D eigenvalue weighted by atomic mass is 19.1. The standard InChI is InChI=1S/C22H26FN3/c23-21-9-7-18(8-10-21)19-11-15-25(16-12-19)13-3-4-14-26-17-20-5-1-2-6-22(20)24-26/h1-2,5-11,24H,3-4,12-17H2. The normalized spacial score (nSPS) is 17.7. The summed E-state index contributed by atoms with van der Waals surface area (Å²) in [5, 5.41) is 2.31. The van der Waals surface area contributed by atoms with E-state index in [2.05, 4.69) is 45.7 Å². The lowest BCUT2D eigenvalue weighted by Gasteiger charge is -2.26. The van der Waals surface area contributed by atoms with Crippen molar-refractivity contribution in [1.29, 1.82) is 0 Å². The Morgan fingerprint density at radius 1 is 0.962 bits per heavy atom. The van der Waals surface area contributed by atoms with Crippen molar-refractivity contribution in [1.82, 2.24) is 9.91 Å². The Kier molecular flexibility index (Phi) is 5.32. The van der Waals surface area contributed by atoms with Gasteiger partial charge in [0.05, 0.1) is 5.69 Å². The van der Waals surface area contributed by atoms with Gasteiger partial charge in [0.25, 0.3) is 0 Å². The molecule has 4 heteroatoms. The molecule has 0 radical (unpaired) electrons. The zero-order valence-corrected chi connectivity index (χ0v) is 15.1. The summed E-state index contributed by atoms with van der Waals surface area (Å²) in [5.74, 6) is -0.164. The number of fused-ring (bicyclic) bond motifs is 1. The summed E-state index contributed by atoms with van der Waals surface area (Å²) in [4.78, 5) is 2.51. The minimum atomic E-state index is -0.164. The van der Waals surface area contributed by atoms with E-state index < -0.39 is 0 Å². The average molecular weight is 351 g/mol. The fraction of sp³-hybridized carbons (Fsp3) is 0.364. The number of halogens is 1. The molecule has 2 aromatic rings. The molecule has 4 rings (SSSR count). The van der Waals surface area contributed by atoms with E-state index in [1.807, 2.05) is 12.1 Å². The molecule has 1 N–H and O–H groups in total. The highest BCUT2D eigenvalue weighted by Gasteiger charge is 2.17. The van der Waals surface area contributed by atoms with Crippen molar-refractivity contribution < 1.29 is 4.39 Å². The third kappa shape index (κ3) is 4.14. The van der Waals surface area contributed by atoms with Crippen LogP contribution in [0.15, 0.2) is 54.6 Å². The summed E-state index contributed by atoms with van der Waals surface area (Å²) in [6, 6.07) is 15.4. The van der Waals surface area contributed by atoms with Gasteiger partial charge in [0.2, 0.25) is 0 Å². The molecule has 26 heavy (non-hydrogen) atoms. The van der Waals surface area contributed by atoms with Crippen LogP contribution in [0, 0.1) is 5.82 Å². The average Bonchev–Trinajstić information content (AvgIpc) is 3.09. The van der Waals surface area contributed by atoms with Crippen LogP contribution in [-0.2, 0) is 6.54 Å². The molecule has 0 unspecified atom stereocenters. The smallest absolute Gasteiger partial charge is 0.123 e. The third-order valence-corrected chi connectivity index (χ3v) is 5.32. The van der Waals surface area contributed by atoms with Crippen molar-refractivity contribution in [3.05, 3.63) is 71.6 Å². The van der Waals surface area contributed by atoms with Crippen molar-refractivity contribution in [2.75, 3.05) is 31.6 Å². The van der Waals surface area contributed by atoms with Crippen LogP contribution in [-0.4, -0.2) is 36.1 Å². The van der Waals surface area contributed by atoms with Gasteiger partial charge in [-0.2, -0.15) is 0 Å². The molecule has 2 aliphatic heterocycles. The van der Waals surface area contributed by atoms with Crippen molar-refractivity contribution in [3.63, 3.8) is 0 Å². The van der Waals surface area contributed by atoms with Crippen molar-refractivity contribution in [3.8, 4) is 0 Å². The zero-order chi connectivity index (χ0) is 17.8. The monoisotopic (exact) mass is 351 g/mol. The molecule has 0 amide bonds. The van der Waals surface area contributed by atoms with Gasteiger partial charge in [-0.3, -0.25) is 4.90 Å². The molecule has 2 aliphatic rings. The molecular weight excluding hydrogens is 325 g/mol. The van der Waals surface area contributed by atoms with Gasteiger partial charge in [-0.1, -0.05) is 36.4 Å². The lowest BCUT2D eigenvalue weighted by atomic mass is 9.99. The van der Waals surface area contributed by atoms with Crippen LogP contribution in [0.25, 0.3) is 5.57 Å². The van der Waals surface area contributed by atoms with Crippen LogP contribution in [0.2, 0.25) is 0 Å². The summed E-state index contributed by atoms with van der Waals surface area (Å²) in [6.45, 7) is 5.33. The molecule has 0 atom stereocenters. The number of hydrogen-bond donors (Lipinski definition) is 1. The first-order valence-corrected chi connectivity index (χ1v) is 9.55. The second kappa shape index (κ2) is 8.02. The molecule has 0 aliphatic carbocycles. The maximum absolute atomic E-state index is 13.0. The van der Waals surface area contributed by atoms with Gasteiger partial charge in [0.1, 0.15) is 5.82 Å². The number of anilines is 1. The maximum atomic E-state index is 13.0. The third-order valence-electron chi connectivity index (χ3n) is 5.32. The molecule has 136 valence electrons. The number of unbranched alkanes of at least 4 members (excludes halogenated alkanes) is 1. The number of benzene rings is 2. The maximum Gasteiger partial charge on any atom is 0.123 e. The lowest BCUT2D eigenvalue weighted by molar-refractivity contribution is 0.277. The molecule has 0 fully saturated rings. The number of hydrazine groups is 1. The van der Waals surface area contributed by atoms with Gasteiger partial charge in [-0.05, 0) is 60.7 Å². The highest BCUT2D eigenvalue weighted by molar-refractivity contribution is 5.66. The second-order valence-corrected chi connectivity index (χ2v) is 7.18. The molecule has 0 saturated heterocycles. The number of para-hydroxylation sites is 1. The lowest BCUT2D eigenvalue weighted by Crippen LogP contribution is -2.30. The first-order valence-electron chi connectivity index (χ1n) is 9.55. The van der Waals surface area contributed by atoms with Gasteiger partial charge in [0, 0.05) is 26.2 Å². The quantitative estimate of drug-likeness (QED) is 0.771. The van der Waals surface area contributed by atoms with Crippen LogP contribution < -0.4 is 5.43 Å². The number of hydrogen-bond acceptors (Lipinski definition) is 3. The summed E-state index contributed by atoms with van der Waals surface area (Å²) >= 11 is 0. The number of rotatable bonds is 6. The van der Waals surface area contributed by atoms with E-state index in [0.29, 0.717) is 0 Å². The highest BCUT2D eigenvalue weighted by Crippen LogP contribution is 2.25. The fourth-order valence-electron chi connectivity index (χ4n) is 3.80. The minimum absolute atomic E-state index is 0.164. The Morgan fingerprint density at radius 2 is 1.77 bits per heavy atom. The second-order valence-electron chi connectivity index (χ2n) is 7.18. The molecule has 2 heterocycles. The summed E-state index contributed by atoms with van der Waals surface area (Å²) in [5.41, 5.74) is 8.63. The van der Waals surface area contributed by atoms with Crippen molar-refractivity contribution >= 4 is 11.3 Å². The predicted molar refractivity (Wildman–Crippen MR) is 105 cm³/mol. The van der Waals surface area contributed by atoms with Gasteiger partial charge >= 0.3 is 0 Å². The predicted octanol–water partition coefficient (Wildman–Crippen LogP) is 4.54. The van der Waals surface area contributed by atoms with E-state index >= 15 is 0 Å². The SMILES string of the molecule is Fc1ccc(C2=CCN(CCCCN3Cc4ccccc4N3)CC2)cc1. The Hall–Kier alpha value is -2.17. The van der Waals surface area contributed by atoms with Crippen LogP contribution in [0.4, 0.5) is 10.1 Å². The van der Waals surface area contributed by atoms with E-state index in [1.54, 1.807) is 12.1 Å². The Balaban J connectivity index is 1.17. The molecule has 3 nitrogen and oxygen atoms in total. The van der Waals surface area contributed by atoms with Gasteiger partial charge in [-0.25, -0.2) is 9.40 Å². The van der Waals surface area contributed by atoms with Gasteiger partial charge < -0.3 is 5.43 Å². The molecule has 0 bridgehead atoms. The first-order chi connectivity index (χ1) is 12.8. The summed E-state index contributed by atoms with van der Waals surface area (Å²) in [6.07, 6.45) is 5.77. The van der Waals surface area contributed by atoms with Crippen LogP contribution in [0.1, 0.15) is 30.4 Å². The van der Waals surface area contributed by atoms with E-state index in [4.69, 9.17) is 0 Å². The number of nitrogens with one attached hydrogen (secondary N) is 1. The Bertz CT molecular complexity index is 744. The van der Waals surface area contributed by atoms with Gasteiger partial charge in [0.15, 0.2) is 0 Å². The fourth-order valence-corrected chi connectivity index (χ4v) is 3.80. The van der Waals surface area contributed by atoms with E-state index in [0.717, 1.165) is 44.7 Å². The van der Waals surface area contributed by atoms with E-state index in [9.17, 15) is 4.39 Å². The van der Waals surface area contributed by atoms with Crippen molar-refractivity contribution in [2.24, 2.45) is 0 Å². The summed E-state index contributed by atoms with van der Waals surface area (Å²) < 4.78 is 13.0. The van der Waals surface area contributed by atoms with Crippen LogP contribution >= 0.6 is 0 Å². The Morgan fingerprint density at radius 3 is 2.54 bits per heavy atom. The zero-order valence-electron chi connectivity index (χ0n) is 15.1. The number of nitrogens with zero attached hydrogens (tertiary/aromatic N) is 2. The molecule has 0 spiro atoms. The largest absolute Gasteiger partial charge is 0.318 e. The van der Waals surface area contributed by atoms with E-state index in [-0.39, 0.29) is 5.82 Å². The van der Waals surface area contributed by atoms with Crippen molar-refractivity contribution in [2.45, 2.75) is 25.8 Å². The van der Waals surface area contributed by atoms with E-state index in [1.165, 1.54) is 29.7 Å². The Labute approximate surface area is 155 Å². The molecule has 2 aromatic carbocycles. The molecule has 0 aromatic heterocycles. The van der Waals surface area contributed by atoms with Crippen LogP contribution in [0.5, 0.6) is 0 Å².